The molecule has 2 N–H and O–H groups in total. The molecule has 0 aliphatic carbocycles. The minimum absolute atomic E-state index is 0. The van der Waals surface area contributed by atoms with E-state index in [1.165, 1.54) is 12.5 Å². The monoisotopic (exact) mass is 154 g/mol. The minimum Gasteiger partial charge on any atom is -0.412 e. The largest absolute Gasteiger partial charge is 0.412 e. The second-order valence-corrected chi connectivity index (χ2v) is 5.97. The van der Waals surface area contributed by atoms with Gasteiger partial charge in [-0.2, -0.15) is 0 Å². The van der Waals surface area contributed by atoms with E-state index in [2.05, 4.69) is 13.1 Å². The van der Waals surface area contributed by atoms with Crippen LogP contribution < -0.4 is 0 Å². The summed E-state index contributed by atoms with van der Waals surface area (Å²) in [5.41, 5.74) is 0. The second kappa shape index (κ2) is 7.47. The first-order chi connectivity index (χ1) is 3.27. The summed E-state index contributed by atoms with van der Waals surface area (Å²) in [6, 6.07) is 1.41. The zero-order valence-electron chi connectivity index (χ0n) is 5.58. The molecule has 0 unspecified atom stereocenters. The van der Waals surface area contributed by atoms with E-state index in [-0.39, 0.29) is 14.3 Å². The lowest BCUT2D eigenvalue weighted by atomic mass is 10.6. The van der Waals surface area contributed by atoms with E-state index in [1.807, 2.05) is 0 Å². The van der Waals surface area contributed by atoms with Gasteiger partial charge in [-0.05, 0) is 6.42 Å². The first-order valence-corrected chi connectivity index (χ1v) is 6.49. The van der Waals surface area contributed by atoms with E-state index in [9.17, 15) is 0 Å². The molecule has 52 valence electrons. The van der Waals surface area contributed by atoms with E-state index < -0.39 is 0 Å². The predicted octanol–water partition coefficient (Wildman–Crippen LogP) is 1.28. The van der Waals surface area contributed by atoms with Crippen LogP contribution in [0.5, 0.6) is 0 Å². The van der Waals surface area contributed by atoms with Crippen molar-refractivity contribution in [1.82, 2.24) is 0 Å². The van der Waals surface area contributed by atoms with E-state index in [0.717, 1.165) is 5.88 Å². The highest BCUT2D eigenvalue weighted by atomic mass is 35.5. The Bertz CT molecular complexity index is 41.4. The SMILES string of the molecule is C[SiH](C)CCCCl.O. The highest BCUT2D eigenvalue weighted by Crippen LogP contribution is 1.97. The standard InChI is InChI=1S/C5H13ClSi.H2O/c1-7(2)5-3-4-6;/h7H,3-5H2,1-2H3;1H2. The maximum absolute atomic E-state index is 5.47. The summed E-state index contributed by atoms with van der Waals surface area (Å²) in [5.74, 6) is 0.852. The maximum atomic E-state index is 5.47. The van der Waals surface area contributed by atoms with Crippen molar-refractivity contribution in [3.8, 4) is 0 Å². The summed E-state index contributed by atoms with van der Waals surface area (Å²) in [6.07, 6.45) is 1.23. The summed E-state index contributed by atoms with van der Waals surface area (Å²) < 4.78 is 0. The molecule has 0 heterocycles. The molecule has 0 atom stereocenters. The van der Waals surface area contributed by atoms with Crippen molar-refractivity contribution >= 4 is 20.4 Å². The third kappa shape index (κ3) is 9.69. The summed E-state index contributed by atoms with van der Waals surface area (Å²) in [5, 5.41) is 0. The molecule has 8 heavy (non-hydrogen) atoms. The van der Waals surface area contributed by atoms with E-state index in [4.69, 9.17) is 11.6 Å². The van der Waals surface area contributed by atoms with Crippen molar-refractivity contribution in [2.45, 2.75) is 25.6 Å². The average Bonchev–Trinajstić information content (AvgIpc) is 1.61. The van der Waals surface area contributed by atoms with Gasteiger partial charge >= 0.3 is 0 Å². The smallest absolute Gasteiger partial charge is 0.0306 e. The van der Waals surface area contributed by atoms with Crippen LogP contribution in [0.1, 0.15) is 6.42 Å². The first kappa shape index (κ1) is 11.3. The van der Waals surface area contributed by atoms with Gasteiger partial charge in [0.15, 0.2) is 0 Å². The summed E-state index contributed by atoms with van der Waals surface area (Å²) in [4.78, 5) is 0. The molecule has 0 amide bonds. The number of hydrogen-bond donors (Lipinski definition) is 0. The number of halogens is 1. The molecular formula is C5H15ClOSi. The Morgan fingerprint density at radius 3 is 2.00 bits per heavy atom. The Kier molecular flexibility index (Phi) is 10.5. The Morgan fingerprint density at radius 1 is 1.38 bits per heavy atom. The van der Waals surface area contributed by atoms with Crippen molar-refractivity contribution < 1.29 is 5.48 Å². The molecule has 0 aliphatic rings. The van der Waals surface area contributed by atoms with Crippen LogP contribution >= 0.6 is 11.6 Å². The van der Waals surface area contributed by atoms with E-state index >= 15 is 0 Å². The van der Waals surface area contributed by atoms with Crippen LogP contribution in [0.2, 0.25) is 19.1 Å². The Morgan fingerprint density at radius 2 is 1.88 bits per heavy atom. The molecule has 0 saturated heterocycles. The molecule has 0 aromatic carbocycles. The van der Waals surface area contributed by atoms with Gasteiger partial charge in [0, 0.05) is 14.7 Å². The minimum atomic E-state index is -0.273. The van der Waals surface area contributed by atoms with Crippen LogP contribution in [0, 0.1) is 0 Å². The maximum Gasteiger partial charge on any atom is 0.0306 e. The third-order valence-electron chi connectivity index (χ3n) is 0.915. The molecule has 0 saturated carbocycles. The van der Waals surface area contributed by atoms with Gasteiger partial charge in [0.05, 0.1) is 0 Å². The molecule has 0 aliphatic heterocycles. The highest BCUT2D eigenvalue weighted by molar-refractivity contribution is 6.55. The van der Waals surface area contributed by atoms with Gasteiger partial charge in [0.25, 0.3) is 0 Å². The van der Waals surface area contributed by atoms with Crippen molar-refractivity contribution in [2.24, 2.45) is 0 Å². The lowest BCUT2D eigenvalue weighted by molar-refractivity contribution is 0.824. The first-order valence-electron chi connectivity index (χ1n) is 2.83. The predicted molar refractivity (Wildman–Crippen MR) is 42.6 cm³/mol. The molecule has 0 rings (SSSR count). The van der Waals surface area contributed by atoms with Crippen LogP contribution in [0.3, 0.4) is 0 Å². The van der Waals surface area contributed by atoms with Gasteiger partial charge in [-0.3, -0.25) is 0 Å². The Labute approximate surface area is 58.0 Å². The molecule has 0 aromatic heterocycles. The summed E-state index contributed by atoms with van der Waals surface area (Å²) in [7, 11) is -0.273. The second-order valence-electron chi connectivity index (χ2n) is 2.23. The zero-order chi connectivity index (χ0) is 5.70. The van der Waals surface area contributed by atoms with Crippen molar-refractivity contribution in [1.29, 1.82) is 0 Å². The third-order valence-corrected chi connectivity index (χ3v) is 2.75. The van der Waals surface area contributed by atoms with Crippen LogP contribution in [0.15, 0.2) is 0 Å². The molecule has 0 spiro atoms. The lowest BCUT2D eigenvalue weighted by Gasteiger charge is -1.96. The summed E-state index contributed by atoms with van der Waals surface area (Å²) in [6.45, 7) is 4.71. The molecule has 1 nitrogen and oxygen atoms in total. The van der Waals surface area contributed by atoms with Crippen LogP contribution in [-0.4, -0.2) is 20.2 Å². The molecule has 0 fully saturated rings. The zero-order valence-corrected chi connectivity index (χ0v) is 7.49. The van der Waals surface area contributed by atoms with Crippen molar-refractivity contribution in [3.63, 3.8) is 0 Å². The Hall–Kier alpha value is 0.467. The van der Waals surface area contributed by atoms with Crippen LogP contribution in [0.25, 0.3) is 0 Å². The van der Waals surface area contributed by atoms with Gasteiger partial charge in [-0.1, -0.05) is 19.1 Å². The quantitative estimate of drug-likeness (QED) is 0.434. The van der Waals surface area contributed by atoms with Crippen molar-refractivity contribution in [3.05, 3.63) is 0 Å². The number of alkyl halides is 1. The van der Waals surface area contributed by atoms with Gasteiger partial charge in [0.2, 0.25) is 0 Å². The molecule has 0 aromatic rings. The van der Waals surface area contributed by atoms with Gasteiger partial charge in [-0.15, -0.1) is 11.6 Å². The molecular weight excluding hydrogens is 140 g/mol. The molecule has 3 heteroatoms. The highest BCUT2D eigenvalue weighted by Gasteiger charge is 1.91. The number of rotatable bonds is 3. The van der Waals surface area contributed by atoms with Crippen LogP contribution in [-0.2, 0) is 0 Å². The fourth-order valence-electron chi connectivity index (χ4n) is 0.485. The average molecular weight is 155 g/mol. The lowest BCUT2D eigenvalue weighted by Crippen LogP contribution is -1.97. The van der Waals surface area contributed by atoms with Gasteiger partial charge in [0.1, 0.15) is 0 Å². The van der Waals surface area contributed by atoms with E-state index in [1.54, 1.807) is 0 Å². The van der Waals surface area contributed by atoms with Gasteiger partial charge in [-0.25, -0.2) is 0 Å². The van der Waals surface area contributed by atoms with Crippen LogP contribution in [0.4, 0.5) is 0 Å². The van der Waals surface area contributed by atoms with Gasteiger partial charge < -0.3 is 5.48 Å². The topological polar surface area (TPSA) is 31.5 Å². The summed E-state index contributed by atoms with van der Waals surface area (Å²) >= 11 is 5.47. The van der Waals surface area contributed by atoms with E-state index in [0.29, 0.717) is 0 Å². The number of hydrogen-bond acceptors (Lipinski definition) is 0. The fourth-order valence-corrected chi connectivity index (χ4v) is 1.92. The Balaban J connectivity index is 0. The normalized spacial score (nSPS) is 9.00. The molecule has 0 bridgehead atoms. The van der Waals surface area contributed by atoms with Crippen molar-refractivity contribution in [2.75, 3.05) is 5.88 Å². The molecule has 0 radical (unpaired) electrons. The fraction of sp³-hybridized carbons (Fsp3) is 1.00.